The van der Waals surface area contributed by atoms with Crippen LogP contribution in [0.25, 0.3) is 0 Å². The zero-order valence-electron chi connectivity index (χ0n) is 15.1. The maximum atomic E-state index is 14.0. The molecule has 0 bridgehead atoms. The Hall–Kier alpha value is -0.630. The van der Waals surface area contributed by atoms with Gasteiger partial charge in [-0.1, -0.05) is 26.2 Å². The Morgan fingerprint density at radius 3 is 1.37 bits per heavy atom. The van der Waals surface area contributed by atoms with E-state index < -0.39 is 42.7 Å². The van der Waals surface area contributed by atoms with Crippen molar-refractivity contribution in [2.75, 3.05) is 0 Å². The second-order valence-electron chi connectivity index (χ2n) is 8.07. The second-order valence-corrected chi connectivity index (χ2v) is 8.07. The van der Waals surface area contributed by atoms with Gasteiger partial charge in [-0.3, -0.25) is 0 Å². The first-order valence-corrected chi connectivity index (χ1v) is 9.45. The van der Waals surface area contributed by atoms with Crippen LogP contribution in [0.3, 0.4) is 0 Å². The number of halogens is 9. The zero-order chi connectivity index (χ0) is 20.7. The van der Waals surface area contributed by atoms with Crippen molar-refractivity contribution in [1.29, 1.82) is 0 Å². The van der Waals surface area contributed by atoms with Crippen LogP contribution in [0.2, 0.25) is 0 Å². The van der Waals surface area contributed by atoms with Gasteiger partial charge in [-0.05, 0) is 56.3 Å². The molecule has 2 saturated carbocycles. The molecule has 0 amide bonds. The van der Waals surface area contributed by atoms with E-state index in [0.717, 1.165) is 32.1 Å². The van der Waals surface area contributed by atoms with Crippen LogP contribution < -0.4 is 0 Å². The number of hydrogen-bond donors (Lipinski definition) is 0. The lowest BCUT2D eigenvalue weighted by molar-refractivity contribution is -0.404. The predicted molar refractivity (Wildman–Crippen MR) is 82.1 cm³/mol. The Morgan fingerprint density at radius 1 is 0.593 bits per heavy atom. The van der Waals surface area contributed by atoms with Gasteiger partial charge in [0.05, 0.1) is 0 Å². The minimum absolute atomic E-state index is 0.0478. The summed E-state index contributed by atoms with van der Waals surface area (Å²) in [6, 6.07) is 0. The predicted octanol–water partition coefficient (Wildman–Crippen LogP) is 7.48. The van der Waals surface area contributed by atoms with E-state index in [1.807, 2.05) is 0 Å². The van der Waals surface area contributed by atoms with Gasteiger partial charge in [0.2, 0.25) is 0 Å². The minimum Gasteiger partial charge on any atom is -0.199 e. The van der Waals surface area contributed by atoms with Crippen LogP contribution in [-0.4, -0.2) is 23.9 Å². The van der Waals surface area contributed by atoms with Gasteiger partial charge in [0, 0.05) is 5.92 Å². The summed E-state index contributed by atoms with van der Waals surface area (Å²) >= 11 is 0. The first kappa shape index (κ1) is 22.7. The molecule has 2 rings (SSSR count). The van der Waals surface area contributed by atoms with E-state index >= 15 is 0 Å². The Balaban J connectivity index is 2.02. The highest BCUT2D eigenvalue weighted by Crippen LogP contribution is 2.57. The molecule has 0 aromatic heterocycles. The lowest BCUT2D eigenvalue weighted by atomic mass is 9.67. The first-order valence-electron chi connectivity index (χ1n) is 9.45. The largest absolute Gasteiger partial charge is 0.460 e. The molecule has 0 radical (unpaired) electrons. The van der Waals surface area contributed by atoms with E-state index in [1.54, 1.807) is 0 Å². The summed E-state index contributed by atoms with van der Waals surface area (Å²) in [5.41, 5.74) is 0. The maximum Gasteiger partial charge on any atom is 0.460 e. The van der Waals surface area contributed by atoms with E-state index in [0.29, 0.717) is 11.8 Å². The first-order chi connectivity index (χ1) is 12.3. The third kappa shape index (κ3) is 4.07. The van der Waals surface area contributed by atoms with Crippen LogP contribution in [0.15, 0.2) is 0 Å². The molecule has 0 atom stereocenters. The van der Waals surface area contributed by atoms with Crippen molar-refractivity contribution in [3.05, 3.63) is 0 Å². The van der Waals surface area contributed by atoms with Crippen LogP contribution in [0.5, 0.6) is 0 Å². The molecule has 2 fully saturated rings. The average molecular weight is 412 g/mol. The van der Waals surface area contributed by atoms with Crippen LogP contribution >= 0.6 is 0 Å². The van der Waals surface area contributed by atoms with E-state index in [4.69, 9.17) is 0 Å². The summed E-state index contributed by atoms with van der Waals surface area (Å²) in [5.74, 6) is -19.9. The molecule has 0 nitrogen and oxygen atoms in total. The van der Waals surface area contributed by atoms with Crippen molar-refractivity contribution in [3.63, 3.8) is 0 Å². The molecule has 0 heterocycles. The van der Waals surface area contributed by atoms with Gasteiger partial charge in [-0.25, -0.2) is 0 Å². The molecule has 0 aliphatic heterocycles. The van der Waals surface area contributed by atoms with Crippen LogP contribution in [0.4, 0.5) is 39.5 Å². The third-order valence-corrected chi connectivity index (χ3v) is 6.59. The molecule has 0 saturated heterocycles. The molecular formula is C18H25F9. The van der Waals surface area contributed by atoms with Crippen LogP contribution in [-0.2, 0) is 0 Å². The molecule has 0 N–H and O–H groups in total. The van der Waals surface area contributed by atoms with Crippen molar-refractivity contribution >= 4 is 0 Å². The Kier molecular flexibility index (Phi) is 6.42. The molecule has 0 unspecified atom stereocenters. The molecule has 2 aliphatic rings. The summed E-state index contributed by atoms with van der Waals surface area (Å²) < 4.78 is 118. The van der Waals surface area contributed by atoms with E-state index in [-0.39, 0.29) is 18.8 Å². The molecule has 9 heteroatoms. The summed E-state index contributed by atoms with van der Waals surface area (Å²) in [7, 11) is 0. The monoisotopic (exact) mass is 412 g/mol. The topological polar surface area (TPSA) is 0 Å². The highest BCUT2D eigenvalue weighted by atomic mass is 19.4. The fraction of sp³-hybridized carbons (Fsp3) is 1.00. The lowest BCUT2D eigenvalue weighted by Gasteiger charge is -2.42. The molecule has 0 aromatic rings. The highest BCUT2D eigenvalue weighted by molar-refractivity contribution is 5.03. The van der Waals surface area contributed by atoms with E-state index in [9.17, 15) is 39.5 Å². The molecule has 2 aliphatic carbocycles. The standard InChI is InChI=1S/C18H25F9/c1-2-11-3-5-12(6-4-11)13-7-9-14(10-8-13)15(19,20)16(21,22)17(23,24)18(25,26)27/h11-14H,2-10H2,1H3. The maximum absolute atomic E-state index is 14.0. The van der Waals surface area contributed by atoms with Crippen molar-refractivity contribution in [2.24, 2.45) is 23.7 Å². The molecular weight excluding hydrogens is 387 g/mol. The van der Waals surface area contributed by atoms with Gasteiger partial charge in [0.25, 0.3) is 0 Å². The molecule has 0 aromatic carbocycles. The van der Waals surface area contributed by atoms with Crippen molar-refractivity contribution < 1.29 is 39.5 Å². The zero-order valence-corrected chi connectivity index (χ0v) is 15.1. The Labute approximate surface area is 152 Å². The van der Waals surface area contributed by atoms with Gasteiger partial charge in [-0.2, -0.15) is 39.5 Å². The van der Waals surface area contributed by atoms with Gasteiger partial charge >= 0.3 is 23.9 Å². The van der Waals surface area contributed by atoms with Crippen molar-refractivity contribution in [3.8, 4) is 0 Å². The normalized spacial score (nSPS) is 31.8. The summed E-state index contributed by atoms with van der Waals surface area (Å²) in [6.07, 6.45) is -2.39. The molecule has 27 heavy (non-hydrogen) atoms. The minimum atomic E-state index is -6.78. The summed E-state index contributed by atoms with van der Waals surface area (Å²) in [5, 5.41) is 0. The lowest BCUT2D eigenvalue weighted by Crippen LogP contribution is -2.63. The fourth-order valence-electron chi connectivity index (χ4n) is 4.66. The highest BCUT2D eigenvalue weighted by Gasteiger charge is 2.82. The number of rotatable bonds is 5. The third-order valence-electron chi connectivity index (χ3n) is 6.59. The van der Waals surface area contributed by atoms with Crippen molar-refractivity contribution in [1.82, 2.24) is 0 Å². The van der Waals surface area contributed by atoms with Gasteiger partial charge < -0.3 is 0 Å². The fourth-order valence-corrected chi connectivity index (χ4v) is 4.66. The van der Waals surface area contributed by atoms with E-state index in [2.05, 4.69) is 6.92 Å². The van der Waals surface area contributed by atoms with Gasteiger partial charge in [-0.15, -0.1) is 0 Å². The van der Waals surface area contributed by atoms with Crippen LogP contribution in [0, 0.1) is 23.7 Å². The average Bonchev–Trinajstić information content (AvgIpc) is 2.60. The van der Waals surface area contributed by atoms with Gasteiger partial charge in [0.1, 0.15) is 0 Å². The Morgan fingerprint density at radius 2 is 1.00 bits per heavy atom. The SMILES string of the molecule is CCC1CCC(C2CCC(C(F)(F)C(F)(F)C(F)(F)C(F)(F)F)CC2)CC1. The molecule has 0 spiro atoms. The summed E-state index contributed by atoms with van der Waals surface area (Å²) in [6.45, 7) is 2.09. The number of hydrogen-bond acceptors (Lipinski definition) is 0. The van der Waals surface area contributed by atoms with Crippen molar-refractivity contribution in [2.45, 2.75) is 88.7 Å². The molecule has 160 valence electrons. The van der Waals surface area contributed by atoms with E-state index in [1.165, 1.54) is 0 Å². The van der Waals surface area contributed by atoms with Gasteiger partial charge in [0.15, 0.2) is 0 Å². The Bertz CT molecular complexity index is 482. The summed E-state index contributed by atoms with van der Waals surface area (Å²) in [4.78, 5) is 0. The second kappa shape index (κ2) is 7.65. The number of alkyl halides is 9. The van der Waals surface area contributed by atoms with Crippen LogP contribution in [0.1, 0.15) is 64.7 Å². The quantitative estimate of drug-likeness (QED) is 0.411. The smallest absolute Gasteiger partial charge is 0.199 e.